The number of nitrogens with zero attached hydrogens (tertiary/aromatic N) is 3. The van der Waals surface area contributed by atoms with Gasteiger partial charge in [0, 0.05) is 12.3 Å². The van der Waals surface area contributed by atoms with Crippen molar-refractivity contribution in [2.75, 3.05) is 18.2 Å². The molecule has 24 heavy (non-hydrogen) atoms. The van der Waals surface area contributed by atoms with Crippen LogP contribution in [0.25, 0.3) is 0 Å². The fraction of sp³-hybridized carbons (Fsp3) is 0.267. The van der Waals surface area contributed by atoms with Crippen molar-refractivity contribution in [1.82, 2.24) is 9.97 Å². The van der Waals surface area contributed by atoms with Crippen LogP contribution in [0.3, 0.4) is 0 Å². The van der Waals surface area contributed by atoms with Gasteiger partial charge in [-0.1, -0.05) is 17.8 Å². The lowest BCUT2D eigenvalue weighted by atomic mass is 10.2. The molecule has 8 nitrogen and oxygen atoms in total. The maximum absolute atomic E-state index is 12.0. The number of carbonyl (C=O) groups is 1. The van der Waals surface area contributed by atoms with Gasteiger partial charge in [0.25, 0.3) is 5.69 Å². The number of nitro benzene ring substituents is 1. The van der Waals surface area contributed by atoms with E-state index in [-0.39, 0.29) is 29.4 Å². The molecular weight excluding hydrogens is 332 g/mol. The Morgan fingerprint density at radius 2 is 2.21 bits per heavy atom. The number of anilines is 2. The zero-order valence-electron chi connectivity index (χ0n) is 13.4. The summed E-state index contributed by atoms with van der Waals surface area (Å²) >= 11 is 1.29. The minimum absolute atomic E-state index is 0.103. The second-order valence-corrected chi connectivity index (χ2v) is 5.52. The molecule has 126 valence electrons. The topological polar surface area (TPSA) is 107 Å². The molecule has 0 radical (unpaired) electrons. The first-order chi connectivity index (χ1) is 11.5. The van der Waals surface area contributed by atoms with E-state index in [1.54, 1.807) is 32.2 Å². The molecule has 0 saturated carbocycles. The molecule has 9 heteroatoms. The number of carbonyl (C=O) groups excluding carboxylic acids is 1. The number of ether oxygens (including phenoxy) is 1. The fourth-order valence-electron chi connectivity index (χ4n) is 1.94. The number of esters is 1. The van der Waals surface area contributed by atoms with Crippen LogP contribution in [0.4, 0.5) is 17.2 Å². The summed E-state index contributed by atoms with van der Waals surface area (Å²) < 4.78 is 4.98. The predicted molar refractivity (Wildman–Crippen MR) is 90.9 cm³/mol. The molecular formula is C15H16N4O4S. The molecule has 0 atom stereocenters. The highest BCUT2D eigenvalue weighted by Crippen LogP contribution is 2.29. The number of hydrogen-bond donors (Lipinski definition) is 1. The van der Waals surface area contributed by atoms with Gasteiger partial charge in [0.1, 0.15) is 17.1 Å². The van der Waals surface area contributed by atoms with Gasteiger partial charge in [-0.25, -0.2) is 14.8 Å². The molecule has 1 N–H and O–H groups in total. The van der Waals surface area contributed by atoms with Gasteiger partial charge >= 0.3 is 5.97 Å². The van der Waals surface area contributed by atoms with E-state index in [0.29, 0.717) is 5.16 Å². The fourth-order valence-corrected chi connectivity index (χ4v) is 2.28. The van der Waals surface area contributed by atoms with Gasteiger partial charge in [-0.3, -0.25) is 10.1 Å². The SMILES string of the molecule is CCOC(=O)c1cnc(SC)nc1Nc1ccc(C)cc1[N+](=O)[O-]. The van der Waals surface area contributed by atoms with Crippen LogP contribution in [0.5, 0.6) is 0 Å². The number of aryl methyl sites for hydroxylation is 1. The minimum atomic E-state index is -0.595. The monoisotopic (exact) mass is 348 g/mol. The van der Waals surface area contributed by atoms with E-state index in [2.05, 4.69) is 15.3 Å². The van der Waals surface area contributed by atoms with Gasteiger partial charge in [-0.2, -0.15) is 0 Å². The summed E-state index contributed by atoms with van der Waals surface area (Å²) in [4.78, 5) is 31.1. The molecule has 0 fully saturated rings. The number of nitro groups is 1. The van der Waals surface area contributed by atoms with Gasteiger partial charge in [0.2, 0.25) is 0 Å². The average Bonchev–Trinajstić information content (AvgIpc) is 2.56. The summed E-state index contributed by atoms with van der Waals surface area (Å²) in [6.45, 7) is 3.65. The van der Waals surface area contributed by atoms with Crippen LogP contribution in [0.2, 0.25) is 0 Å². The smallest absolute Gasteiger partial charge is 0.343 e. The summed E-state index contributed by atoms with van der Waals surface area (Å²) in [5.74, 6) is -0.429. The van der Waals surface area contributed by atoms with Crippen molar-refractivity contribution in [2.24, 2.45) is 0 Å². The Labute approximate surface area is 142 Å². The number of nitrogens with one attached hydrogen (secondary N) is 1. The molecule has 0 unspecified atom stereocenters. The molecule has 0 bridgehead atoms. The maximum atomic E-state index is 12.0. The summed E-state index contributed by atoms with van der Waals surface area (Å²) in [6.07, 6.45) is 3.14. The van der Waals surface area contributed by atoms with Gasteiger partial charge < -0.3 is 10.1 Å². The Balaban J connectivity index is 2.48. The van der Waals surface area contributed by atoms with Crippen LogP contribution in [-0.4, -0.2) is 33.7 Å². The first-order valence-corrected chi connectivity index (χ1v) is 8.29. The third kappa shape index (κ3) is 3.99. The van der Waals surface area contributed by atoms with Crippen molar-refractivity contribution in [1.29, 1.82) is 0 Å². The van der Waals surface area contributed by atoms with Crippen LogP contribution in [-0.2, 0) is 4.74 Å². The van der Waals surface area contributed by atoms with Crippen LogP contribution >= 0.6 is 11.8 Å². The van der Waals surface area contributed by atoms with Crippen LogP contribution in [0, 0.1) is 17.0 Å². The van der Waals surface area contributed by atoms with Crippen LogP contribution in [0.1, 0.15) is 22.8 Å². The molecule has 0 amide bonds. The Hall–Kier alpha value is -2.68. The van der Waals surface area contributed by atoms with Gasteiger partial charge in [-0.05, 0) is 31.7 Å². The predicted octanol–water partition coefficient (Wildman–Crippen LogP) is 3.34. The van der Waals surface area contributed by atoms with Crippen molar-refractivity contribution >= 4 is 34.9 Å². The molecule has 0 aliphatic rings. The van der Waals surface area contributed by atoms with E-state index in [1.807, 2.05) is 0 Å². The number of rotatable bonds is 6. The quantitative estimate of drug-likeness (QED) is 0.278. The third-order valence-electron chi connectivity index (χ3n) is 3.05. The second-order valence-electron chi connectivity index (χ2n) is 4.74. The van der Waals surface area contributed by atoms with E-state index >= 15 is 0 Å². The molecule has 1 heterocycles. The van der Waals surface area contributed by atoms with Crippen molar-refractivity contribution in [3.05, 3.63) is 45.6 Å². The second kappa shape index (κ2) is 7.73. The Kier molecular flexibility index (Phi) is 5.69. The molecule has 1 aromatic heterocycles. The van der Waals surface area contributed by atoms with Crippen molar-refractivity contribution in [3.8, 4) is 0 Å². The van der Waals surface area contributed by atoms with Crippen molar-refractivity contribution in [3.63, 3.8) is 0 Å². The normalized spacial score (nSPS) is 10.3. The lowest BCUT2D eigenvalue weighted by Gasteiger charge is -2.11. The first-order valence-electron chi connectivity index (χ1n) is 7.06. The third-order valence-corrected chi connectivity index (χ3v) is 3.61. The largest absolute Gasteiger partial charge is 0.462 e. The van der Waals surface area contributed by atoms with Gasteiger partial charge in [0.15, 0.2) is 5.16 Å². The molecule has 0 aliphatic carbocycles. The summed E-state index contributed by atoms with van der Waals surface area (Å²) in [6, 6.07) is 4.75. The molecule has 2 rings (SSSR count). The van der Waals surface area contributed by atoms with E-state index in [0.717, 1.165) is 5.56 Å². The minimum Gasteiger partial charge on any atom is -0.462 e. The van der Waals surface area contributed by atoms with Crippen LogP contribution < -0.4 is 5.32 Å². The van der Waals surface area contributed by atoms with Gasteiger partial charge in [0.05, 0.1) is 11.5 Å². The van der Waals surface area contributed by atoms with E-state index < -0.39 is 10.9 Å². The molecule has 0 aliphatic heterocycles. The molecule has 2 aromatic rings. The van der Waals surface area contributed by atoms with Crippen LogP contribution in [0.15, 0.2) is 29.6 Å². The molecule has 0 saturated heterocycles. The Morgan fingerprint density at radius 3 is 2.83 bits per heavy atom. The molecule has 0 spiro atoms. The summed E-state index contributed by atoms with van der Waals surface area (Å²) in [5, 5.41) is 14.5. The summed E-state index contributed by atoms with van der Waals surface area (Å²) in [5.41, 5.74) is 1.01. The number of benzene rings is 1. The van der Waals surface area contributed by atoms with Crippen molar-refractivity contribution in [2.45, 2.75) is 19.0 Å². The standard InChI is InChI=1S/C15H16N4O4S/c1-4-23-14(20)10-8-16-15(24-3)18-13(10)17-11-6-5-9(2)7-12(11)19(21)22/h5-8H,4H2,1-3H3,(H,16,17,18). The Morgan fingerprint density at radius 1 is 1.46 bits per heavy atom. The number of hydrogen-bond acceptors (Lipinski definition) is 8. The first kappa shape index (κ1) is 17.7. The molecule has 1 aromatic carbocycles. The lowest BCUT2D eigenvalue weighted by molar-refractivity contribution is -0.384. The zero-order valence-corrected chi connectivity index (χ0v) is 14.2. The number of aromatic nitrogens is 2. The highest BCUT2D eigenvalue weighted by molar-refractivity contribution is 7.98. The van der Waals surface area contributed by atoms with Gasteiger partial charge in [-0.15, -0.1) is 0 Å². The van der Waals surface area contributed by atoms with Crippen molar-refractivity contribution < 1.29 is 14.5 Å². The summed E-state index contributed by atoms with van der Waals surface area (Å²) in [7, 11) is 0. The van der Waals surface area contributed by atoms with E-state index in [9.17, 15) is 14.9 Å². The number of thioether (sulfide) groups is 1. The average molecular weight is 348 g/mol. The highest BCUT2D eigenvalue weighted by atomic mass is 32.2. The van der Waals surface area contributed by atoms with E-state index in [4.69, 9.17) is 4.74 Å². The zero-order chi connectivity index (χ0) is 17.7. The highest BCUT2D eigenvalue weighted by Gasteiger charge is 2.20. The Bertz CT molecular complexity index is 782. The maximum Gasteiger partial charge on any atom is 0.343 e. The van der Waals surface area contributed by atoms with E-state index in [1.165, 1.54) is 24.0 Å². The lowest BCUT2D eigenvalue weighted by Crippen LogP contribution is -2.11.